The lowest BCUT2D eigenvalue weighted by molar-refractivity contribution is 0.102. The zero-order chi connectivity index (χ0) is 11.0. The molecule has 0 aliphatic heterocycles. The Hall–Kier alpha value is -1.19. The van der Waals surface area contributed by atoms with Gasteiger partial charge in [0.2, 0.25) is 0 Å². The van der Waals surface area contributed by atoms with Crippen molar-refractivity contribution < 1.29 is 4.79 Å². The number of aromatic nitrogens is 1. The molecular weight excluding hydrogens is 230 g/mol. The number of ketones is 1. The molecule has 0 spiro atoms. The van der Waals surface area contributed by atoms with Gasteiger partial charge in [-0.25, -0.2) is 4.98 Å². The summed E-state index contributed by atoms with van der Waals surface area (Å²) in [5.74, 6) is 0.0176. The van der Waals surface area contributed by atoms with Crippen LogP contribution in [0.5, 0.6) is 0 Å². The number of thiophene rings is 1. The van der Waals surface area contributed by atoms with Crippen molar-refractivity contribution in [1.29, 1.82) is 0 Å². The fourth-order valence-electron chi connectivity index (χ4n) is 1.46. The second kappa shape index (κ2) is 3.76. The summed E-state index contributed by atoms with van der Waals surface area (Å²) < 4.78 is 0. The highest BCUT2D eigenvalue weighted by Gasteiger charge is 2.15. The highest BCUT2D eigenvalue weighted by Crippen LogP contribution is 2.35. The molecule has 0 amide bonds. The summed E-state index contributed by atoms with van der Waals surface area (Å²) in [6.07, 6.45) is 3.29. The van der Waals surface area contributed by atoms with Gasteiger partial charge in [0, 0.05) is 17.1 Å². The van der Waals surface area contributed by atoms with E-state index in [0.717, 1.165) is 15.8 Å². The normalized spacial score (nSPS) is 10.5. The van der Waals surface area contributed by atoms with E-state index in [1.165, 1.54) is 18.3 Å². The van der Waals surface area contributed by atoms with Crippen molar-refractivity contribution in [3.8, 4) is 0 Å². The van der Waals surface area contributed by atoms with Crippen molar-refractivity contribution in [2.24, 2.45) is 0 Å². The van der Waals surface area contributed by atoms with Crippen molar-refractivity contribution in [2.45, 2.75) is 6.92 Å². The lowest BCUT2D eigenvalue weighted by atomic mass is 10.1. The molecule has 2 rings (SSSR count). The molecule has 2 heterocycles. The van der Waals surface area contributed by atoms with Crippen LogP contribution in [0.15, 0.2) is 18.8 Å². The number of carbonyl (C=O) groups excluding carboxylic acids is 1. The SMILES string of the molecule is C=Cc1c(C(C)=O)sc2nccc(Cl)c12. The lowest BCUT2D eigenvalue weighted by Crippen LogP contribution is -1.89. The standard InChI is InChI=1S/C11H8ClNOS/c1-3-7-9-8(12)4-5-13-11(9)15-10(7)6(2)14/h3-5H,1H2,2H3. The zero-order valence-electron chi connectivity index (χ0n) is 8.08. The Morgan fingerprint density at radius 3 is 3.00 bits per heavy atom. The maximum Gasteiger partial charge on any atom is 0.170 e. The number of carbonyl (C=O) groups is 1. The summed E-state index contributed by atoms with van der Waals surface area (Å²) in [6, 6.07) is 1.72. The van der Waals surface area contributed by atoms with Crippen LogP contribution in [0.2, 0.25) is 5.02 Å². The first kappa shape index (κ1) is 10.3. The number of nitrogens with zero attached hydrogens (tertiary/aromatic N) is 1. The minimum Gasteiger partial charge on any atom is -0.294 e. The van der Waals surface area contributed by atoms with Gasteiger partial charge in [-0.1, -0.05) is 24.3 Å². The van der Waals surface area contributed by atoms with Crippen LogP contribution in [0.25, 0.3) is 16.3 Å². The Bertz CT molecular complexity index is 559. The largest absolute Gasteiger partial charge is 0.294 e. The summed E-state index contributed by atoms with van der Waals surface area (Å²) in [4.78, 5) is 17.0. The second-order valence-corrected chi connectivity index (χ2v) is 4.48. The van der Waals surface area contributed by atoms with E-state index >= 15 is 0 Å². The van der Waals surface area contributed by atoms with E-state index in [9.17, 15) is 4.79 Å². The molecule has 0 aromatic carbocycles. The minimum absolute atomic E-state index is 0.0176. The number of hydrogen-bond acceptors (Lipinski definition) is 3. The Balaban J connectivity index is 2.92. The van der Waals surface area contributed by atoms with Crippen LogP contribution in [0, 0.1) is 0 Å². The van der Waals surface area contributed by atoms with E-state index < -0.39 is 0 Å². The van der Waals surface area contributed by atoms with Gasteiger partial charge in [-0.15, -0.1) is 11.3 Å². The Labute approximate surface area is 96.2 Å². The first-order valence-electron chi connectivity index (χ1n) is 4.35. The van der Waals surface area contributed by atoms with Gasteiger partial charge in [0.05, 0.1) is 9.90 Å². The number of halogens is 1. The molecule has 2 aromatic heterocycles. The van der Waals surface area contributed by atoms with Crippen LogP contribution in [0.3, 0.4) is 0 Å². The zero-order valence-corrected chi connectivity index (χ0v) is 9.65. The molecule has 0 unspecified atom stereocenters. The molecule has 0 bridgehead atoms. The van der Waals surface area contributed by atoms with Gasteiger partial charge in [-0.05, 0) is 13.0 Å². The van der Waals surface area contributed by atoms with Crippen molar-refractivity contribution >= 4 is 45.0 Å². The molecule has 2 aromatic rings. The van der Waals surface area contributed by atoms with Gasteiger partial charge in [0.15, 0.2) is 5.78 Å². The molecular formula is C11H8ClNOS. The average Bonchev–Trinajstić information content (AvgIpc) is 2.57. The van der Waals surface area contributed by atoms with Crippen molar-refractivity contribution in [2.75, 3.05) is 0 Å². The summed E-state index contributed by atoms with van der Waals surface area (Å²) in [6.45, 7) is 5.24. The Kier molecular flexibility index (Phi) is 2.59. The maximum atomic E-state index is 11.4. The molecule has 0 saturated heterocycles. The molecule has 4 heteroatoms. The van der Waals surface area contributed by atoms with E-state index in [2.05, 4.69) is 11.6 Å². The van der Waals surface area contributed by atoms with E-state index in [0.29, 0.717) is 9.90 Å². The van der Waals surface area contributed by atoms with Gasteiger partial charge in [-0.2, -0.15) is 0 Å². The summed E-state index contributed by atoms with van der Waals surface area (Å²) in [5, 5.41) is 1.43. The third-order valence-electron chi connectivity index (χ3n) is 2.10. The third-order valence-corrected chi connectivity index (χ3v) is 3.63. The molecule has 0 N–H and O–H groups in total. The fourth-order valence-corrected chi connectivity index (χ4v) is 2.83. The van der Waals surface area contributed by atoms with Gasteiger partial charge >= 0.3 is 0 Å². The van der Waals surface area contributed by atoms with Crippen LogP contribution in [-0.4, -0.2) is 10.8 Å². The Morgan fingerprint density at radius 2 is 2.40 bits per heavy atom. The monoisotopic (exact) mass is 237 g/mol. The molecule has 0 fully saturated rings. The van der Waals surface area contributed by atoms with E-state index in [-0.39, 0.29) is 5.78 Å². The molecule has 2 nitrogen and oxygen atoms in total. The molecule has 0 aliphatic carbocycles. The molecule has 15 heavy (non-hydrogen) atoms. The van der Waals surface area contributed by atoms with E-state index in [1.54, 1.807) is 18.3 Å². The van der Waals surface area contributed by atoms with Crippen LogP contribution in [0.1, 0.15) is 22.2 Å². The number of hydrogen-bond donors (Lipinski definition) is 0. The van der Waals surface area contributed by atoms with Crippen LogP contribution < -0.4 is 0 Å². The van der Waals surface area contributed by atoms with E-state index in [1.807, 2.05) is 0 Å². The van der Waals surface area contributed by atoms with Crippen molar-refractivity contribution in [1.82, 2.24) is 4.98 Å². The average molecular weight is 238 g/mol. The van der Waals surface area contributed by atoms with Gasteiger partial charge in [0.1, 0.15) is 4.83 Å². The van der Waals surface area contributed by atoms with Crippen molar-refractivity contribution in [3.63, 3.8) is 0 Å². The van der Waals surface area contributed by atoms with Crippen LogP contribution in [-0.2, 0) is 0 Å². The molecule has 0 atom stereocenters. The first-order chi connectivity index (χ1) is 7.15. The smallest absolute Gasteiger partial charge is 0.170 e. The second-order valence-electron chi connectivity index (χ2n) is 3.08. The van der Waals surface area contributed by atoms with Crippen LogP contribution in [0.4, 0.5) is 0 Å². The number of fused-ring (bicyclic) bond motifs is 1. The third kappa shape index (κ3) is 1.58. The molecule has 0 radical (unpaired) electrons. The fraction of sp³-hybridized carbons (Fsp3) is 0.0909. The summed E-state index contributed by atoms with van der Waals surface area (Å²) in [7, 11) is 0. The predicted molar refractivity (Wildman–Crippen MR) is 64.7 cm³/mol. The quantitative estimate of drug-likeness (QED) is 0.744. The molecule has 0 aliphatic rings. The minimum atomic E-state index is 0.0176. The Morgan fingerprint density at radius 1 is 1.67 bits per heavy atom. The highest BCUT2D eigenvalue weighted by atomic mass is 35.5. The highest BCUT2D eigenvalue weighted by molar-refractivity contribution is 7.20. The molecule has 0 saturated carbocycles. The van der Waals surface area contributed by atoms with E-state index in [4.69, 9.17) is 11.6 Å². The van der Waals surface area contributed by atoms with Gasteiger partial charge < -0.3 is 0 Å². The van der Waals surface area contributed by atoms with Gasteiger partial charge in [-0.3, -0.25) is 4.79 Å². The number of Topliss-reactive ketones (excluding diaryl/α,β-unsaturated/α-hetero) is 1. The van der Waals surface area contributed by atoms with Crippen molar-refractivity contribution in [3.05, 3.63) is 34.3 Å². The predicted octanol–water partition coefficient (Wildman–Crippen LogP) is 3.80. The lowest BCUT2D eigenvalue weighted by Gasteiger charge is -1.95. The number of pyridine rings is 1. The summed E-state index contributed by atoms with van der Waals surface area (Å²) in [5.41, 5.74) is 0.792. The van der Waals surface area contributed by atoms with Gasteiger partial charge in [0.25, 0.3) is 0 Å². The first-order valence-corrected chi connectivity index (χ1v) is 5.55. The topological polar surface area (TPSA) is 30.0 Å². The summed E-state index contributed by atoms with van der Waals surface area (Å²) >= 11 is 7.42. The van der Waals surface area contributed by atoms with Crippen LogP contribution >= 0.6 is 22.9 Å². The maximum absolute atomic E-state index is 11.4. The number of rotatable bonds is 2. The molecule has 76 valence electrons.